The first-order chi connectivity index (χ1) is 10.1. The molecule has 0 amide bonds. The van der Waals surface area contributed by atoms with Gasteiger partial charge in [0.25, 0.3) is 0 Å². The summed E-state index contributed by atoms with van der Waals surface area (Å²) in [5.41, 5.74) is 0. The molecule has 0 aliphatic carbocycles. The molecular formula is C15H21ClN4S. The van der Waals surface area contributed by atoms with Gasteiger partial charge in [0.05, 0.1) is 6.54 Å². The van der Waals surface area contributed by atoms with E-state index in [0.717, 1.165) is 28.8 Å². The number of benzene rings is 1. The second-order valence-corrected chi connectivity index (χ2v) is 6.54. The smallest absolute Gasteiger partial charge is 0.225 e. The Balaban J connectivity index is 2.03. The minimum absolute atomic E-state index is 0.211. The van der Waals surface area contributed by atoms with Crippen LogP contribution in [-0.4, -0.2) is 29.8 Å². The first-order valence-corrected chi connectivity index (χ1v) is 8.35. The van der Waals surface area contributed by atoms with Crippen molar-refractivity contribution in [3.63, 3.8) is 0 Å². The van der Waals surface area contributed by atoms with Crippen LogP contribution in [0.2, 0.25) is 5.02 Å². The van der Waals surface area contributed by atoms with E-state index in [4.69, 9.17) is 11.6 Å². The molecule has 1 atom stereocenters. The fraction of sp³-hybridized carbons (Fsp3) is 0.467. The fourth-order valence-corrected chi connectivity index (χ4v) is 2.85. The molecule has 114 valence electrons. The van der Waals surface area contributed by atoms with Gasteiger partial charge in [0.15, 0.2) is 0 Å². The van der Waals surface area contributed by atoms with Gasteiger partial charge < -0.3 is 0 Å². The Labute approximate surface area is 135 Å². The third-order valence-electron chi connectivity index (χ3n) is 3.03. The number of nitrogens with zero attached hydrogens (tertiary/aromatic N) is 3. The molecule has 0 bridgehead atoms. The second kappa shape index (κ2) is 7.71. The number of halogens is 1. The lowest BCUT2D eigenvalue weighted by atomic mass is 10.1. The zero-order valence-corrected chi connectivity index (χ0v) is 14.2. The molecule has 4 nitrogen and oxygen atoms in total. The summed E-state index contributed by atoms with van der Waals surface area (Å²) in [6.07, 6.45) is 3.10. The predicted octanol–water partition coefficient (Wildman–Crippen LogP) is 4.03. The van der Waals surface area contributed by atoms with Crippen LogP contribution in [0.5, 0.6) is 0 Å². The van der Waals surface area contributed by atoms with E-state index in [-0.39, 0.29) is 6.04 Å². The fourth-order valence-electron chi connectivity index (χ4n) is 1.89. The van der Waals surface area contributed by atoms with Crippen molar-refractivity contribution in [1.29, 1.82) is 0 Å². The Morgan fingerprint density at radius 1 is 1.57 bits per heavy atom. The minimum Gasteiger partial charge on any atom is -0.295 e. The first kappa shape index (κ1) is 16.2. The Morgan fingerprint density at radius 2 is 2.38 bits per heavy atom. The molecule has 0 saturated carbocycles. The van der Waals surface area contributed by atoms with Gasteiger partial charge >= 0.3 is 0 Å². The molecule has 0 fully saturated rings. The van der Waals surface area contributed by atoms with Gasteiger partial charge in [-0.2, -0.15) is 5.10 Å². The summed E-state index contributed by atoms with van der Waals surface area (Å²) < 4.78 is 3.30. The zero-order chi connectivity index (χ0) is 15.2. The SMILES string of the molecule is CCC1C=NN(C(=NC(C)C)NSc2cccc(Cl)c2)C1. The van der Waals surface area contributed by atoms with Gasteiger partial charge in [0.2, 0.25) is 5.96 Å². The summed E-state index contributed by atoms with van der Waals surface area (Å²) in [6, 6.07) is 7.95. The van der Waals surface area contributed by atoms with Gasteiger partial charge in [-0.05, 0) is 50.4 Å². The Morgan fingerprint density at radius 3 is 3.00 bits per heavy atom. The van der Waals surface area contributed by atoms with Crippen LogP contribution in [0.1, 0.15) is 27.2 Å². The molecule has 1 unspecified atom stereocenters. The summed E-state index contributed by atoms with van der Waals surface area (Å²) >= 11 is 7.50. The Kier molecular flexibility index (Phi) is 5.94. The first-order valence-electron chi connectivity index (χ1n) is 7.16. The molecule has 1 aromatic carbocycles. The number of aliphatic imine (C=N–C) groups is 1. The summed E-state index contributed by atoms with van der Waals surface area (Å²) in [7, 11) is 0. The second-order valence-electron chi connectivity index (χ2n) is 5.22. The number of nitrogens with one attached hydrogen (secondary N) is 1. The maximum absolute atomic E-state index is 6.00. The maximum atomic E-state index is 6.00. The van der Waals surface area contributed by atoms with E-state index in [9.17, 15) is 0 Å². The lowest BCUT2D eigenvalue weighted by Crippen LogP contribution is -2.35. The van der Waals surface area contributed by atoms with Crippen molar-refractivity contribution in [1.82, 2.24) is 9.73 Å². The molecule has 0 radical (unpaired) electrons. The van der Waals surface area contributed by atoms with Crippen LogP contribution in [0.25, 0.3) is 0 Å². The average molecular weight is 325 g/mol. The van der Waals surface area contributed by atoms with Crippen LogP contribution in [0.15, 0.2) is 39.3 Å². The minimum atomic E-state index is 0.211. The number of hydrogen-bond donors (Lipinski definition) is 1. The summed E-state index contributed by atoms with van der Waals surface area (Å²) in [5.74, 6) is 1.29. The molecule has 0 spiro atoms. The number of hydrogen-bond acceptors (Lipinski definition) is 3. The van der Waals surface area contributed by atoms with Crippen LogP contribution in [0.3, 0.4) is 0 Å². The van der Waals surface area contributed by atoms with Crippen LogP contribution >= 0.6 is 23.5 Å². The molecular weight excluding hydrogens is 304 g/mol. The summed E-state index contributed by atoms with van der Waals surface area (Å²) in [5, 5.41) is 7.11. The number of guanidine groups is 1. The molecule has 2 rings (SSSR count). The van der Waals surface area contributed by atoms with Gasteiger partial charge in [-0.3, -0.25) is 4.72 Å². The van der Waals surface area contributed by atoms with E-state index in [1.807, 2.05) is 35.5 Å². The third-order valence-corrected chi connectivity index (χ3v) is 4.04. The molecule has 1 heterocycles. The van der Waals surface area contributed by atoms with Gasteiger partial charge in [-0.15, -0.1) is 0 Å². The van der Waals surface area contributed by atoms with Crippen LogP contribution in [0, 0.1) is 5.92 Å². The maximum Gasteiger partial charge on any atom is 0.225 e. The highest BCUT2D eigenvalue weighted by molar-refractivity contribution is 7.98. The zero-order valence-electron chi connectivity index (χ0n) is 12.6. The molecule has 6 heteroatoms. The Bertz CT molecular complexity index is 530. The number of hydrazone groups is 1. The van der Waals surface area contributed by atoms with Crippen molar-refractivity contribution >= 4 is 35.7 Å². The summed E-state index contributed by atoms with van der Waals surface area (Å²) in [4.78, 5) is 5.68. The molecule has 1 N–H and O–H groups in total. The third kappa shape index (κ3) is 4.93. The molecule has 21 heavy (non-hydrogen) atoms. The topological polar surface area (TPSA) is 40.0 Å². The normalized spacial score (nSPS) is 18.6. The van der Waals surface area contributed by atoms with Gasteiger partial charge in [-0.1, -0.05) is 24.6 Å². The van der Waals surface area contributed by atoms with Crippen LogP contribution in [-0.2, 0) is 0 Å². The van der Waals surface area contributed by atoms with Crippen molar-refractivity contribution < 1.29 is 0 Å². The molecule has 0 aromatic heterocycles. The highest BCUT2D eigenvalue weighted by Gasteiger charge is 2.20. The van der Waals surface area contributed by atoms with Gasteiger partial charge in [0.1, 0.15) is 0 Å². The van der Waals surface area contributed by atoms with E-state index in [1.54, 1.807) is 0 Å². The van der Waals surface area contributed by atoms with Crippen molar-refractivity contribution in [3.8, 4) is 0 Å². The lowest BCUT2D eigenvalue weighted by Gasteiger charge is -2.19. The van der Waals surface area contributed by atoms with E-state index < -0.39 is 0 Å². The van der Waals surface area contributed by atoms with E-state index in [0.29, 0.717) is 5.92 Å². The Hall–Kier alpha value is -1.20. The highest BCUT2D eigenvalue weighted by atomic mass is 35.5. The molecule has 1 aliphatic rings. The molecule has 0 saturated heterocycles. The molecule has 1 aliphatic heterocycles. The largest absolute Gasteiger partial charge is 0.295 e. The molecule has 1 aromatic rings. The van der Waals surface area contributed by atoms with E-state index >= 15 is 0 Å². The van der Waals surface area contributed by atoms with Gasteiger partial charge in [-0.25, -0.2) is 10.0 Å². The highest BCUT2D eigenvalue weighted by Crippen LogP contribution is 2.20. The lowest BCUT2D eigenvalue weighted by molar-refractivity contribution is 0.429. The average Bonchev–Trinajstić information content (AvgIpc) is 2.92. The number of rotatable bonds is 4. The van der Waals surface area contributed by atoms with Crippen molar-refractivity contribution in [3.05, 3.63) is 29.3 Å². The monoisotopic (exact) mass is 324 g/mol. The van der Waals surface area contributed by atoms with Gasteiger partial charge in [0, 0.05) is 28.1 Å². The standard InChI is InChI=1S/C15H21ClN4S/c1-4-12-9-17-20(10-12)15(18-11(2)3)19-21-14-7-5-6-13(16)8-14/h5-9,11-12H,4,10H2,1-3H3,(H,18,19). The van der Waals surface area contributed by atoms with Crippen molar-refractivity contribution in [2.24, 2.45) is 16.0 Å². The van der Waals surface area contributed by atoms with Crippen LogP contribution < -0.4 is 4.72 Å². The van der Waals surface area contributed by atoms with E-state index in [2.05, 4.69) is 35.6 Å². The summed E-state index contributed by atoms with van der Waals surface area (Å²) in [6.45, 7) is 7.17. The van der Waals surface area contributed by atoms with Crippen molar-refractivity contribution in [2.75, 3.05) is 6.54 Å². The van der Waals surface area contributed by atoms with Crippen LogP contribution in [0.4, 0.5) is 0 Å². The van der Waals surface area contributed by atoms with E-state index in [1.165, 1.54) is 11.9 Å². The quantitative estimate of drug-likeness (QED) is 0.516. The predicted molar refractivity (Wildman–Crippen MR) is 92.0 cm³/mol. The van der Waals surface area contributed by atoms with Crippen molar-refractivity contribution in [2.45, 2.75) is 38.1 Å².